The predicted molar refractivity (Wildman–Crippen MR) is 102 cm³/mol. The van der Waals surface area contributed by atoms with Gasteiger partial charge in [-0.3, -0.25) is 0 Å². The van der Waals surface area contributed by atoms with Gasteiger partial charge in [0.05, 0.1) is 25.5 Å². The van der Waals surface area contributed by atoms with Crippen LogP contribution in [0.1, 0.15) is 30.4 Å². The second-order valence-electron chi connectivity index (χ2n) is 6.66. The zero-order valence-corrected chi connectivity index (χ0v) is 16.0. The molecule has 140 valence electrons. The molecule has 0 bridgehead atoms. The van der Waals surface area contributed by atoms with Crippen molar-refractivity contribution in [3.63, 3.8) is 0 Å². The lowest BCUT2D eigenvalue weighted by atomic mass is 10.1. The number of aryl methyl sites for hydroxylation is 1. The predicted octanol–water partition coefficient (Wildman–Crippen LogP) is 3.25. The quantitative estimate of drug-likeness (QED) is 0.731. The molecule has 0 radical (unpaired) electrons. The largest absolute Gasteiger partial charge is 0.493 e. The van der Waals surface area contributed by atoms with E-state index in [4.69, 9.17) is 9.47 Å². The molecule has 6 heteroatoms. The van der Waals surface area contributed by atoms with Gasteiger partial charge in [-0.25, -0.2) is 13.1 Å². The van der Waals surface area contributed by atoms with Gasteiger partial charge in [0, 0.05) is 0 Å². The summed E-state index contributed by atoms with van der Waals surface area (Å²) in [6.07, 6.45) is 2.94. The number of hydrogen-bond acceptors (Lipinski definition) is 4. The SMILES string of the molecule is COc1ccc(C2(NS(=O)(=O)CCCc3ccccc3)CC2)cc1OC. The minimum atomic E-state index is -3.35. The fourth-order valence-electron chi connectivity index (χ4n) is 3.17. The molecule has 0 aliphatic heterocycles. The second-order valence-corrected chi connectivity index (χ2v) is 8.50. The van der Waals surface area contributed by atoms with Crippen molar-refractivity contribution >= 4 is 10.0 Å². The Balaban J connectivity index is 1.65. The second kappa shape index (κ2) is 7.68. The number of methoxy groups -OCH3 is 2. The average molecular weight is 375 g/mol. The molecule has 1 N–H and O–H groups in total. The molecular weight excluding hydrogens is 350 g/mol. The van der Waals surface area contributed by atoms with Gasteiger partial charge in [-0.2, -0.15) is 0 Å². The van der Waals surface area contributed by atoms with E-state index in [9.17, 15) is 8.42 Å². The molecule has 1 saturated carbocycles. The number of nitrogens with one attached hydrogen (secondary N) is 1. The van der Waals surface area contributed by atoms with Gasteiger partial charge in [-0.1, -0.05) is 36.4 Å². The van der Waals surface area contributed by atoms with E-state index in [2.05, 4.69) is 4.72 Å². The molecule has 2 aromatic carbocycles. The third kappa shape index (κ3) is 4.37. The summed E-state index contributed by atoms with van der Waals surface area (Å²) in [5, 5.41) is 0. The van der Waals surface area contributed by atoms with E-state index in [1.807, 2.05) is 48.5 Å². The van der Waals surface area contributed by atoms with Gasteiger partial charge in [0.2, 0.25) is 10.0 Å². The first-order chi connectivity index (χ1) is 12.5. The summed E-state index contributed by atoms with van der Waals surface area (Å²) in [6.45, 7) is 0. The van der Waals surface area contributed by atoms with Crippen LogP contribution in [0.15, 0.2) is 48.5 Å². The zero-order chi connectivity index (χ0) is 18.6. The number of ether oxygens (including phenoxy) is 2. The Morgan fingerprint density at radius 3 is 2.31 bits per heavy atom. The van der Waals surface area contributed by atoms with Crippen LogP contribution >= 0.6 is 0 Å². The summed E-state index contributed by atoms with van der Waals surface area (Å²) in [5.74, 6) is 1.37. The Morgan fingerprint density at radius 1 is 1.00 bits per heavy atom. The van der Waals surface area contributed by atoms with Gasteiger partial charge in [0.25, 0.3) is 0 Å². The van der Waals surface area contributed by atoms with E-state index in [1.54, 1.807) is 14.2 Å². The van der Waals surface area contributed by atoms with Crippen LogP contribution in [0, 0.1) is 0 Å². The van der Waals surface area contributed by atoms with Gasteiger partial charge in [0.15, 0.2) is 11.5 Å². The molecular formula is C20H25NO4S. The molecule has 0 heterocycles. The highest BCUT2D eigenvalue weighted by molar-refractivity contribution is 7.89. The summed E-state index contributed by atoms with van der Waals surface area (Å²) < 4.78 is 38.6. The molecule has 0 aromatic heterocycles. The van der Waals surface area contributed by atoms with Crippen molar-refractivity contribution in [2.75, 3.05) is 20.0 Å². The Labute approximate surface area is 155 Å². The van der Waals surface area contributed by atoms with E-state index >= 15 is 0 Å². The van der Waals surface area contributed by atoms with Gasteiger partial charge >= 0.3 is 0 Å². The normalized spacial score (nSPS) is 15.5. The molecule has 0 atom stereocenters. The third-order valence-corrected chi connectivity index (χ3v) is 6.29. The molecule has 2 aromatic rings. The molecule has 1 fully saturated rings. The van der Waals surface area contributed by atoms with Gasteiger partial charge in [-0.05, 0) is 48.9 Å². The van der Waals surface area contributed by atoms with E-state index in [-0.39, 0.29) is 5.75 Å². The van der Waals surface area contributed by atoms with Crippen molar-refractivity contribution in [2.24, 2.45) is 0 Å². The minimum absolute atomic E-state index is 0.122. The molecule has 26 heavy (non-hydrogen) atoms. The first-order valence-electron chi connectivity index (χ1n) is 8.76. The van der Waals surface area contributed by atoms with Gasteiger partial charge < -0.3 is 9.47 Å². The van der Waals surface area contributed by atoms with Crippen LogP contribution in [-0.2, 0) is 22.0 Å². The number of sulfonamides is 1. The first kappa shape index (κ1) is 18.7. The Kier molecular flexibility index (Phi) is 5.53. The smallest absolute Gasteiger partial charge is 0.212 e. The lowest BCUT2D eigenvalue weighted by molar-refractivity contribution is 0.354. The van der Waals surface area contributed by atoms with E-state index in [1.165, 1.54) is 0 Å². The van der Waals surface area contributed by atoms with Crippen molar-refractivity contribution in [1.29, 1.82) is 0 Å². The van der Waals surface area contributed by atoms with Crippen LogP contribution in [0.4, 0.5) is 0 Å². The fourth-order valence-corrected chi connectivity index (χ4v) is 4.71. The zero-order valence-electron chi connectivity index (χ0n) is 15.2. The third-order valence-electron chi connectivity index (χ3n) is 4.76. The Bertz CT molecular complexity index is 845. The fraction of sp³-hybridized carbons (Fsp3) is 0.400. The van der Waals surface area contributed by atoms with Crippen molar-refractivity contribution < 1.29 is 17.9 Å². The van der Waals surface area contributed by atoms with Gasteiger partial charge in [-0.15, -0.1) is 0 Å². The standard InChI is InChI=1S/C20H25NO4S/c1-24-18-11-10-17(15-19(18)25-2)20(12-13-20)21-26(22,23)14-6-9-16-7-4-3-5-8-16/h3-5,7-8,10-11,15,21H,6,9,12-14H2,1-2H3. The summed E-state index contributed by atoms with van der Waals surface area (Å²) in [4.78, 5) is 0. The lowest BCUT2D eigenvalue weighted by Crippen LogP contribution is -2.36. The van der Waals surface area contributed by atoms with Crippen molar-refractivity contribution in [3.8, 4) is 11.5 Å². The monoisotopic (exact) mass is 375 g/mol. The molecule has 0 amide bonds. The summed E-state index contributed by atoms with van der Waals surface area (Å²) in [7, 11) is -0.191. The van der Waals surface area contributed by atoms with Crippen LogP contribution in [0.3, 0.4) is 0 Å². The van der Waals surface area contributed by atoms with Crippen molar-refractivity contribution in [3.05, 3.63) is 59.7 Å². The number of hydrogen-bond donors (Lipinski definition) is 1. The average Bonchev–Trinajstić information content (AvgIpc) is 3.41. The van der Waals surface area contributed by atoms with Crippen LogP contribution in [-0.4, -0.2) is 28.4 Å². The van der Waals surface area contributed by atoms with Crippen LogP contribution in [0.25, 0.3) is 0 Å². The maximum absolute atomic E-state index is 12.6. The summed E-state index contributed by atoms with van der Waals surface area (Å²) in [5.41, 5.74) is 1.57. The van der Waals surface area contributed by atoms with Crippen LogP contribution in [0.5, 0.6) is 11.5 Å². The molecule has 5 nitrogen and oxygen atoms in total. The molecule has 1 aliphatic rings. The van der Waals surface area contributed by atoms with Crippen LogP contribution < -0.4 is 14.2 Å². The van der Waals surface area contributed by atoms with Crippen LogP contribution in [0.2, 0.25) is 0 Å². The van der Waals surface area contributed by atoms with E-state index < -0.39 is 15.6 Å². The molecule has 0 spiro atoms. The first-order valence-corrected chi connectivity index (χ1v) is 10.4. The van der Waals surface area contributed by atoms with E-state index in [0.717, 1.165) is 30.4 Å². The highest BCUT2D eigenvalue weighted by Crippen LogP contribution is 2.48. The number of benzene rings is 2. The summed E-state index contributed by atoms with van der Waals surface area (Å²) >= 11 is 0. The molecule has 3 rings (SSSR count). The molecule has 0 unspecified atom stereocenters. The summed E-state index contributed by atoms with van der Waals surface area (Å²) in [6, 6.07) is 15.5. The Hall–Kier alpha value is -2.05. The molecule has 0 saturated heterocycles. The van der Waals surface area contributed by atoms with Crippen molar-refractivity contribution in [2.45, 2.75) is 31.2 Å². The maximum Gasteiger partial charge on any atom is 0.212 e. The maximum atomic E-state index is 12.6. The number of rotatable bonds is 9. The minimum Gasteiger partial charge on any atom is -0.493 e. The highest BCUT2D eigenvalue weighted by atomic mass is 32.2. The highest BCUT2D eigenvalue weighted by Gasteiger charge is 2.47. The molecule has 1 aliphatic carbocycles. The van der Waals surface area contributed by atoms with E-state index in [0.29, 0.717) is 17.9 Å². The van der Waals surface area contributed by atoms with Gasteiger partial charge in [0.1, 0.15) is 0 Å². The Morgan fingerprint density at radius 2 is 1.69 bits per heavy atom. The topological polar surface area (TPSA) is 64.6 Å². The lowest BCUT2D eigenvalue weighted by Gasteiger charge is -2.19. The van der Waals surface area contributed by atoms with Crippen molar-refractivity contribution in [1.82, 2.24) is 4.72 Å².